The maximum absolute atomic E-state index is 12.3. The van der Waals surface area contributed by atoms with E-state index in [0.29, 0.717) is 30.0 Å². The molecule has 0 aromatic heterocycles. The van der Waals surface area contributed by atoms with Crippen molar-refractivity contribution in [2.24, 2.45) is 0 Å². The maximum atomic E-state index is 12.3. The van der Waals surface area contributed by atoms with Crippen molar-refractivity contribution in [2.75, 3.05) is 36.5 Å². The van der Waals surface area contributed by atoms with Crippen molar-refractivity contribution in [3.63, 3.8) is 0 Å². The lowest BCUT2D eigenvalue weighted by Crippen LogP contribution is -2.36. The van der Waals surface area contributed by atoms with Crippen LogP contribution >= 0.6 is 0 Å². The third kappa shape index (κ3) is 5.09. The Morgan fingerprint density at radius 3 is 2.36 bits per heavy atom. The summed E-state index contributed by atoms with van der Waals surface area (Å²) >= 11 is 0. The molecular formula is C21H24N2O5. The highest BCUT2D eigenvalue weighted by Gasteiger charge is 2.19. The quantitative estimate of drug-likeness (QED) is 0.743. The standard InChI is InChI=1S/C21H24N2O5/c1-15(28-21(26)17-4-2-16(14-24)3-5-17)20(25)22-18-6-8-19(9-7-18)23-10-12-27-13-11-23/h2-9,15,24H,10-14H2,1H3,(H,22,25)/t15-/m0/s1. The van der Waals surface area contributed by atoms with Gasteiger partial charge in [0.2, 0.25) is 0 Å². The summed E-state index contributed by atoms with van der Waals surface area (Å²) in [4.78, 5) is 26.7. The minimum atomic E-state index is -0.941. The number of nitrogens with zero attached hydrogens (tertiary/aromatic N) is 1. The van der Waals surface area contributed by atoms with Crippen molar-refractivity contribution in [3.05, 3.63) is 59.7 Å². The third-order valence-electron chi connectivity index (χ3n) is 4.54. The molecule has 1 fully saturated rings. The number of carbonyl (C=O) groups is 2. The monoisotopic (exact) mass is 384 g/mol. The fourth-order valence-electron chi connectivity index (χ4n) is 2.85. The topological polar surface area (TPSA) is 88.1 Å². The summed E-state index contributed by atoms with van der Waals surface area (Å²) < 4.78 is 10.6. The molecule has 2 aromatic carbocycles. The zero-order valence-corrected chi connectivity index (χ0v) is 15.8. The molecule has 1 aliphatic heterocycles. The molecule has 1 saturated heterocycles. The fourth-order valence-corrected chi connectivity index (χ4v) is 2.85. The van der Waals surface area contributed by atoms with Gasteiger partial charge in [0, 0.05) is 24.5 Å². The number of rotatable bonds is 6. The minimum Gasteiger partial charge on any atom is -0.449 e. The Hall–Kier alpha value is -2.90. The van der Waals surface area contributed by atoms with Crippen LogP contribution < -0.4 is 10.2 Å². The predicted octanol–water partition coefficient (Wildman–Crippen LogP) is 2.20. The van der Waals surface area contributed by atoms with E-state index in [0.717, 1.165) is 18.8 Å². The van der Waals surface area contributed by atoms with E-state index in [9.17, 15) is 9.59 Å². The first-order valence-corrected chi connectivity index (χ1v) is 9.21. The van der Waals surface area contributed by atoms with E-state index in [1.807, 2.05) is 24.3 Å². The van der Waals surface area contributed by atoms with Gasteiger partial charge in [0.05, 0.1) is 25.4 Å². The Morgan fingerprint density at radius 1 is 1.11 bits per heavy atom. The Labute approximate surface area is 163 Å². The highest BCUT2D eigenvalue weighted by Crippen LogP contribution is 2.19. The first kappa shape index (κ1) is 19.9. The van der Waals surface area contributed by atoms with Crippen LogP contribution in [0.3, 0.4) is 0 Å². The number of carbonyl (C=O) groups excluding carboxylic acids is 2. The minimum absolute atomic E-state index is 0.0987. The molecule has 148 valence electrons. The average Bonchev–Trinajstić information content (AvgIpc) is 2.75. The zero-order valence-electron chi connectivity index (χ0n) is 15.8. The molecule has 0 spiro atoms. The number of amides is 1. The summed E-state index contributed by atoms with van der Waals surface area (Å²) in [7, 11) is 0. The van der Waals surface area contributed by atoms with Crippen LogP contribution in [0.5, 0.6) is 0 Å². The Morgan fingerprint density at radius 2 is 1.75 bits per heavy atom. The van der Waals surface area contributed by atoms with E-state index in [2.05, 4.69) is 10.2 Å². The van der Waals surface area contributed by atoms with Gasteiger partial charge in [-0.25, -0.2) is 4.79 Å². The van der Waals surface area contributed by atoms with Gasteiger partial charge < -0.3 is 24.8 Å². The SMILES string of the molecule is C[C@H](OC(=O)c1ccc(CO)cc1)C(=O)Nc1ccc(N2CCOCC2)cc1. The Bertz CT molecular complexity index is 799. The molecule has 7 heteroatoms. The van der Waals surface area contributed by atoms with E-state index in [-0.39, 0.29) is 6.61 Å². The lowest BCUT2D eigenvalue weighted by molar-refractivity contribution is -0.123. The molecule has 1 aliphatic rings. The lowest BCUT2D eigenvalue weighted by Gasteiger charge is -2.28. The Balaban J connectivity index is 1.53. The van der Waals surface area contributed by atoms with Gasteiger partial charge in [-0.15, -0.1) is 0 Å². The maximum Gasteiger partial charge on any atom is 0.338 e. The highest BCUT2D eigenvalue weighted by atomic mass is 16.5. The molecule has 3 rings (SSSR count). The summed E-state index contributed by atoms with van der Waals surface area (Å²) in [6.07, 6.45) is -0.941. The molecule has 1 atom stereocenters. The number of esters is 1. The van der Waals surface area contributed by atoms with Crippen molar-refractivity contribution in [1.82, 2.24) is 0 Å². The molecule has 0 aliphatic carbocycles. The number of hydrogen-bond acceptors (Lipinski definition) is 6. The van der Waals surface area contributed by atoms with Crippen LogP contribution in [0.4, 0.5) is 11.4 Å². The van der Waals surface area contributed by atoms with Gasteiger partial charge in [-0.1, -0.05) is 12.1 Å². The van der Waals surface area contributed by atoms with Crippen LogP contribution in [0.25, 0.3) is 0 Å². The van der Waals surface area contributed by atoms with Crippen LogP contribution in [0.2, 0.25) is 0 Å². The number of aliphatic hydroxyl groups excluding tert-OH is 1. The molecule has 0 bridgehead atoms. The zero-order chi connectivity index (χ0) is 19.9. The molecule has 1 heterocycles. The number of morpholine rings is 1. The van der Waals surface area contributed by atoms with Crippen molar-refractivity contribution < 1.29 is 24.2 Å². The molecule has 0 saturated carbocycles. The van der Waals surface area contributed by atoms with Crippen molar-refractivity contribution >= 4 is 23.3 Å². The van der Waals surface area contributed by atoms with E-state index < -0.39 is 18.0 Å². The lowest BCUT2D eigenvalue weighted by atomic mass is 10.1. The second-order valence-corrected chi connectivity index (χ2v) is 6.54. The van der Waals surface area contributed by atoms with Crippen LogP contribution in [0.1, 0.15) is 22.8 Å². The molecule has 7 nitrogen and oxygen atoms in total. The smallest absolute Gasteiger partial charge is 0.338 e. The number of hydrogen-bond donors (Lipinski definition) is 2. The number of benzene rings is 2. The number of nitrogens with one attached hydrogen (secondary N) is 1. The van der Waals surface area contributed by atoms with Crippen LogP contribution in [-0.2, 0) is 20.9 Å². The molecule has 0 radical (unpaired) electrons. The molecule has 28 heavy (non-hydrogen) atoms. The van der Waals surface area contributed by atoms with Crippen LogP contribution in [0, 0.1) is 0 Å². The van der Waals surface area contributed by atoms with Gasteiger partial charge in [0.15, 0.2) is 6.10 Å². The van der Waals surface area contributed by atoms with Crippen molar-refractivity contribution in [3.8, 4) is 0 Å². The van der Waals surface area contributed by atoms with Gasteiger partial charge in [-0.3, -0.25) is 4.79 Å². The third-order valence-corrected chi connectivity index (χ3v) is 4.54. The second-order valence-electron chi connectivity index (χ2n) is 6.54. The van der Waals surface area contributed by atoms with E-state index in [1.165, 1.54) is 6.92 Å². The first-order chi connectivity index (χ1) is 13.6. The molecule has 2 aromatic rings. The summed E-state index contributed by atoms with van der Waals surface area (Å²) in [5.74, 6) is -0.991. The van der Waals surface area contributed by atoms with Gasteiger partial charge in [0.1, 0.15) is 0 Å². The number of aliphatic hydroxyl groups is 1. The molecular weight excluding hydrogens is 360 g/mol. The van der Waals surface area contributed by atoms with Crippen molar-refractivity contribution in [2.45, 2.75) is 19.6 Å². The summed E-state index contributed by atoms with van der Waals surface area (Å²) in [6, 6.07) is 13.9. The normalized spacial score (nSPS) is 15.0. The Kier molecular flexibility index (Phi) is 6.62. The van der Waals surface area contributed by atoms with Gasteiger partial charge in [0.25, 0.3) is 5.91 Å². The first-order valence-electron chi connectivity index (χ1n) is 9.21. The highest BCUT2D eigenvalue weighted by molar-refractivity contribution is 5.97. The number of anilines is 2. The van der Waals surface area contributed by atoms with Crippen LogP contribution in [0.15, 0.2) is 48.5 Å². The summed E-state index contributed by atoms with van der Waals surface area (Å²) in [5, 5.41) is 11.8. The second kappa shape index (κ2) is 9.34. The molecule has 0 unspecified atom stereocenters. The summed E-state index contributed by atoms with van der Waals surface area (Å²) in [5.41, 5.74) is 2.74. The largest absolute Gasteiger partial charge is 0.449 e. The van der Waals surface area contributed by atoms with E-state index >= 15 is 0 Å². The summed E-state index contributed by atoms with van der Waals surface area (Å²) in [6.45, 7) is 4.54. The fraction of sp³-hybridized carbons (Fsp3) is 0.333. The average molecular weight is 384 g/mol. The van der Waals surface area contributed by atoms with Crippen molar-refractivity contribution in [1.29, 1.82) is 0 Å². The molecule has 1 amide bonds. The van der Waals surface area contributed by atoms with Crippen LogP contribution in [-0.4, -0.2) is 49.4 Å². The van der Waals surface area contributed by atoms with Gasteiger partial charge >= 0.3 is 5.97 Å². The molecule has 2 N–H and O–H groups in total. The van der Waals surface area contributed by atoms with Gasteiger partial charge in [-0.2, -0.15) is 0 Å². The van der Waals surface area contributed by atoms with E-state index in [1.54, 1.807) is 24.3 Å². The van der Waals surface area contributed by atoms with Gasteiger partial charge in [-0.05, 0) is 48.9 Å². The van der Waals surface area contributed by atoms with E-state index in [4.69, 9.17) is 14.6 Å². The predicted molar refractivity (Wildman–Crippen MR) is 105 cm³/mol. The number of ether oxygens (including phenoxy) is 2.